The highest BCUT2D eigenvalue weighted by Crippen LogP contribution is 2.17. The summed E-state index contributed by atoms with van der Waals surface area (Å²) in [5, 5.41) is 4.81. The number of hydrogen-bond donors (Lipinski definition) is 2. The zero-order valence-electron chi connectivity index (χ0n) is 17.0. The van der Waals surface area contributed by atoms with E-state index >= 15 is 0 Å². The number of nitrogens with zero attached hydrogens (tertiary/aromatic N) is 2. The van der Waals surface area contributed by atoms with E-state index in [9.17, 15) is 14.4 Å². The molecule has 0 radical (unpaired) electrons. The van der Waals surface area contributed by atoms with Gasteiger partial charge in [0, 0.05) is 24.6 Å². The van der Waals surface area contributed by atoms with Gasteiger partial charge < -0.3 is 9.47 Å². The lowest BCUT2D eigenvalue weighted by Crippen LogP contribution is -2.42. The lowest BCUT2D eigenvalue weighted by atomic mass is 10.1. The molecular formula is C22H22N4O5. The number of carbonyl (C=O) groups excluding carboxylic acids is 2. The average molecular weight is 422 g/mol. The van der Waals surface area contributed by atoms with Crippen LogP contribution in [0.1, 0.15) is 33.7 Å². The smallest absolute Gasteiger partial charge is 0.290 e. The fourth-order valence-electron chi connectivity index (χ4n) is 3.38. The molecule has 4 rings (SSSR count). The van der Waals surface area contributed by atoms with E-state index < -0.39 is 11.8 Å². The first kappa shape index (κ1) is 20.5. The lowest BCUT2D eigenvalue weighted by molar-refractivity contribution is 0.0679. The van der Waals surface area contributed by atoms with Crippen molar-refractivity contribution in [1.29, 1.82) is 0 Å². The Morgan fingerprint density at radius 3 is 2.52 bits per heavy atom. The minimum Gasteiger partial charge on any atom is -0.491 e. The molecule has 2 heterocycles. The first-order chi connectivity index (χ1) is 15.0. The predicted octanol–water partition coefficient (Wildman–Crippen LogP) is 1.57. The Morgan fingerprint density at radius 2 is 1.81 bits per heavy atom. The standard InChI is InChI=1S/C22H22N4O5/c1-26-22(29)18-7-3-2-6-17(18)19(25-26)21(28)24-23-20(27)14-8-10-15(11-9-14)31-13-16-5-4-12-30-16/h2-3,6-11,16H,4-5,12-13H2,1H3,(H,23,27)(H,24,28)/t16-/m0/s1. The molecule has 9 nitrogen and oxygen atoms in total. The van der Waals surface area contributed by atoms with Crippen molar-refractivity contribution in [3.05, 3.63) is 70.1 Å². The normalized spacial score (nSPS) is 15.6. The van der Waals surface area contributed by atoms with E-state index in [2.05, 4.69) is 16.0 Å². The Bertz CT molecular complexity index is 1170. The van der Waals surface area contributed by atoms with Crippen molar-refractivity contribution in [3.8, 4) is 5.75 Å². The van der Waals surface area contributed by atoms with E-state index in [1.165, 1.54) is 7.05 Å². The molecule has 1 aromatic heterocycles. The largest absolute Gasteiger partial charge is 0.491 e. The molecule has 0 bridgehead atoms. The third kappa shape index (κ3) is 4.56. The number of aromatic nitrogens is 2. The van der Waals surface area contributed by atoms with Crippen LogP contribution in [0.2, 0.25) is 0 Å². The van der Waals surface area contributed by atoms with Crippen molar-refractivity contribution in [3.63, 3.8) is 0 Å². The zero-order chi connectivity index (χ0) is 21.8. The number of rotatable bonds is 5. The monoisotopic (exact) mass is 422 g/mol. The Morgan fingerprint density at radius 1 is 1.10 bits per heavy atom. The first-order valence-corrected chi connectivity index (χ1v) is 9.94. The van der Waals surface area contributed by atoms with Crippen LogP contribution in [-0.4, -0.2) is 40.9 Å². The van der Waals surface area contributed by atoms with Gasteiger partial charge in [-0.15, -0.1) is 0 Å². The SMILES string of the molecule is Cn1nc(C(=O)NNC(=O)c2ccc(OC[C@@H]3CCCO3)cc2)c2ccccc2c1=O. The van der Waals surface area contributed by atoms with Gasteiger partial charge in [0.15, 0.2) is 5.69 Å². The third-order valence-electron chi connectivity index (χ3n) is 5.04. The third-order valence-corrected chi connectivity index (χ3v) is 5.04. The topological polar surface area (TPSA) is 112 Å². The summed E-state index contributed by atoms with van der Waals surface area (Å²) in [5.41, 5.74) is 4.79. The number of hydrazine groups is 1. The van der Waals surface area contributed by atoms with Gasteiger partial charge in [-0.3, -0.25) is 25.2 Å². The number of benzene rings is 2. The van der Waals surface area contributed by atoms with Crippen LogP contribution in [-0.2, 0) is 11.8 Å². The zero-order valence-corrected chi connectivity index (χ0v) is 17.0. The minimum absolute atomic E-state index is 0.0379. The van der Waals surface area contributed by atoms with Crippen LogP contribution in [0.5, 0.6) is 5.75 Å². The van der Waals surface area contributed by atoms with Gasteiger partial charge in [0.1, 0.15) is 12.4 Å². The van der Waals surface area contributed by atoms with Crippen LogP contribution in [0.3, 0.4) is 0 Å². The van der Waals surface area contributed by atoms with Gasteiger partial charge in [0.05, 0.1) is 11.5 Å². The van der Waals surface area contributed by atoms with E-state index in [-0.39, 0.29) is 17.4 Å². The van der Waals surface area contributed by atoms with Crippen LogP contribution in [0.4, 0.5) is 0 Å². The maximum Gasteiger partial charge on any atom is 0.290 e. The molecule has 0 spiro atoms. The van der Waals surface area contributed by atoms with Crippen LogP contribution < -0.4 is 21.1 Å². The summed E-state index contributed by atoms with van der Waals surface area (Å²) in [7, 11) is 1.46. The summed E-state index contributed by atoms with van der Waals surface area (Å²) in [5.74, 6) is -0.484. The fraction of sp³-hybridized carbons (Fsp3) is 0.273. The quantitative estimate of drug-likeness (QED) is 0.604. The molecule has 1 fully saturated rings. The molecule has 1 atom stereocenters. The van der Waals surface area contributed by atoms with Gasteiger partial charge in [-0.25, -0.2) is 4.68 Å². The highest BCUT2D eigenvalue weighted by molar-refractivity contribution is 6.06. The van der Waals surface area contributed by atoms with E-state index in [1.807, 2.05) is 0 Å². The molecule has 0 saturated carbocycles. The molecule has 2 aromatic carbocycles. The highest BCUT2D eigenvalue weighted by Gasteiger charge is 2.17. The van der Waals surface area contributed by atoms with Crippen molar-refractivity contribution >= 4 is 22.6 Å². The van der Waals surface area contributed by atoms with Gasteiger partial charge in [-0.05, 0) is 43.2 Å². The second kappa shape index (κ2) is 8.97. The number of fused-ring (bicyclic) bond motifs is 1. The Hall–Kier alpha value is -3.72. The molecule has 0 aliphatic carbocycles. The number of nitrogens with one attached hydrogen (secondary N) is 2. The van der Waals surface area contributed by atoms with Crippen LogP contribution in [0.25, 0.3) is 10.8 Å². The summed E-state index contributed by atoms with van der Waals surface area (Å²) in [6, 6.07) is 13.3. The maximum atomic E-state index is 12.6. The summed E-state index contributed by atoms with van der Waals surface area (Å²) < 4.78 is 12.3. The average Bonchev–Trinajstić information content (AvgIpc) is 3.32. The molecule has 3 aromatic rings. The number of aryl methyl sites for hydroxylation is 1. The molecular weight excluding hydrogens is 400 g/mol. The van der Waals surface area contributed by atoms with Crippen LogP contribution in [0, 0.1) is 0 Å². The Labute approximate surface area is 177 Å². The van der Waals surface area contributed by atoms with Crippen molar-refractivity contribution in [2.45, 2.75) is 18.9 Å². The van der Waals surface area contributed by atoms with Crippen molar-refractivity contribution in [2.24, 2.45) is 7.05 Å². The number of amides is 2. The summed E-state index contributed by atoms with van der Waals surface area (Å²) >= 11 is 0. The molecule has 160 valence electrons. The molecule has 0 unspecified atom stereocenters. The Balaban J connectivity index is 1.38. The van der Waals surface area contributed by atoms with Crippen LogP contribution >= 0.6 is 0 Å². The van der Waals surface area contributed by atoms with Crippen molar-refractivity contribution in [1.82, 2.24) is 20.6 Å². The van der Waals surface area contributed by atoms with E-state index in [4.69, 9.17) is 9.47 Å². The van der Waals surface area contributed by atoms with Gasteiger partial charge in [0.2, 0.25) is 0 Å². The summed E-state index contributed by atoms with van der Waals surface area (Å²) in [6.45, 7) is 1.24. The van der Waals surface area contributed by atoms with Gasteiger partial charge in [0.25, 0.3) is 17.4 Å². The van der Waals surface area contributed by atoms with E-state index in [0.29, 0.717) is 28.7 Å². The molecule has 31 heavy (non-hydrogen) atoms. The van der Waals surface area contributed by atoms with Gasteiger partial charge in [-0.2, -0.15) is 5.10 Å². The fourth-order valence-corrected chi connectivity index (χ4v) is 3.38. The first-order valence-electron chi connectivity index (χ1n) is 9.94. The van der Waals surface area contributed by atoms with Crippen LogP contribution in [0.15, 0.2) is 53.3 Å². The summed E-state index contributed by atoms with van der Waals surface area (Å²) in [6.07, 6.45) is 2.14. The van der Waals surface area contributed by atoms with Gasteiger partial charge in [-0.1, -0.05) is 18.2 Å². The molecule has 2 amide bonds. The molecule has 2 N–H and O–H groups in total. The van der Waals surface area contributed by atoms with E-state index in [1.54, 1.807) is 48.5 Å². The maximum absolute atomic E-state index is 12.6. The molecule has 1 aliphatic rings. The number of ether oxygens (including phenoxy) is 2. The minimum atomic E-state index is -0.628. The Kier molecular flexibility index (Phi) is 5.94. The van der Waals surface area contributed by atoms with Crippen molar-refractivity contribution in [2.75, 3.05) is 13.2 Å². The molecule has 9 heteroatoms. The second-order valence-corrected chi connectivity index (χ2v) is 7.20. The predicted molar refractivity (Wildman–Crippen MR) is 113 cm³/mol. The van der Waals surface area contributed by atoms with E-state index in [0.717, 1.165) is 24.1 Å². The summed E-state index contributed by atoms with van der Waals surface area (Å²) in [4.78, 5) is 37.2. The number of hydrogen-bond acceptors (Lipinski definition) is 6. The molecule has 1 saturated heterocycles. The molecule has 1 aliphatic heterocycles. The number of carbonyl (C=O) groups is 2. The van der Waals surface area contributed by atoms with Gasteiger partial charge >= 0.3 is 0 Å². The second-order valence-electron chi connectivity index (χ2n) is 7.20. The van der Waals surface area contributed by atoms with Crippen molar-refractivity contribution < 1.29 is 19.1 Å². The highest BCUT2D eigenvalue weighted by atomic mass is 16.5. The lowest BCUT2D eigenvalue weighted by Gasteiger charge is -2.12.